The van der Waals surface area contributed by atoms with E-state index in [9.17, 15) is 31.1 Å². The summed E-state index contributed by atoms with van der Waals surface area (Å²) in [4.78, 5) is 12.5. The Balaban J connectivity index is 2.30. The molecular weight excluding hydrogens is 468 g/mol. The molecule has 1 saturated carbocycles. The van der Waals surface area contributed by atoms with Gasteiger partial charge < -0.3 is 5.32 Å². The third-order valence-electron chi connectivity index (χ3n) is 4.69. The first-order chi connectivity index (χ1) is 13.3. The summed E-state index contributed by atoms with van der Waals surface area (Å²) in [5, 5.41) is 13.4. The Kier molecular flexibility index (Phi) is 6.89. The normalized spacial score (nSPS) is 19.0. The lowest BCUT2D eigenvalue weighted by atomic mass is 9.97. The van der Waals surface area contributed by atoms with Gasteiger partial charge in [-0.2, -0.15) is 31.6 Å². The number of hydrogen-bond donors (Lipinski definition) is 2. The minimum atomic E-state index is -4.86. The molecule has 1 unspecified atom stereocenters. The van der Waals surface area contributed by atoms with Crippen molar-refractivity contribution in [2.24, 2.45) is 5.92 Å². The number of nitrogens with zero attached hydrogens (tertiary/aromatic N) is 1. The maximum absolute atomic E-state index is 13.6. The van der Waals surface area contributed by atoms with Crippen LogP contribution >= 0.6 is 15.9 Å². The topological polar surface area (TPSA) is 64.9 Å². The van der Waals surface area contributed by atoms with Gasteiger partial charge in [0, 0.05) is 4.47 Å². The van der Waals surface area contributed by atoms with Crippen LogP contribution in [0.5, 0.6) is 0 Å². The number of nitriles is 1. The number of alkyl halides is 6. The number of nitrogens with one attached hydrogen (secondary N) is 2. The fraction of sp³-hybridized carbons (Fsp3) is 0.556. The van der Waals surface area contributed by atoms with Crippen molar-refractivity contribution in [2.75, 3.05) is 0 Å². The highest BCUT2D eigenvalue weighted by molar-refractivity contribution is 9.10. The van der Waals surface area contributed by atoms with Crippen LogP contribution in [0.1, 0.15) is 37.8 Å². The van der Waals surface area contributed by atoms with Crippen LogP contribution in [0.15, 0.2) is 28.7 Å². The molecular formula is C18H18BrF6N3O. The lowest BCUT2D eigenvalue weighted by Gasteiger charge is -2.30. The minimum Gasteiger partial charge on any atom is -0.336 e. The Hall–Kier alpha value is -1.80. The van der Waals surface area contributed by atoms with Gasteiger partial charge in [-0.3, -0.25) is 10.1 Å². The molecule has 0 saturated heterocycles. The molecule has 3 atom stereocenters. The van der Waals surface area contributed by atoms with E-state index < -0.39 is 48.2 Å². The molecule has 0 aromatic heterocycles. The molecule has 0 spiro atoms. The molecule has 1 aromatic carbocycles. The second-order valence-corrected chi connectivity index (χ2v) is 8.02. The first-order valence-electron chi connectivity index (χ1n) is 8.65. The number of amides is 1. The van der Waals surface area contributed by atoms with E-state index in [0.717, 1.165) is 19.1 Å². The fourth-order valence-electron chi connectivity index (χ4n) is 2.69. The molecule has 0 aliphatic heterocycles. The second-order valence-electron chi connectivity index (χ2n) is 7.11. The molecule has 1 fully saturated rings. The number of carbonyl (C=O) groups excluding carboxylic acids is 1. The van der Waals surface area contributed by atoms with E-state index in [1.807, 2.05) is 11.4 Å². The molecule has 2 N–H and O–H groups in total. The van der Waals surface area contributed by atoms with Crippen molar-refractivity contribution in [1.82, 2.24) is 10.6 Å². The van der Waals surface area contributed by atoms with Crippen molar-refractivity contribution >= 4 is 21.8 Å². The molecule has 29 heavy (non-hydrogen) atoms. The van der Waals surface area contributed by atoms with Crippen molar-refractivity contribution in [2.45, 2.75) is 56.2 Å². The van der Waals surface area contributed by atoms with E-state index in [-0.39, 0.29) is 5.56 Å². The van der Waals surface area contributed by atoms with Crippen molar-refractivity contribution in [3.05, 3.63) is 34.3 Å². The number of benzene rings is 1. The summed E-state index contributed by atoms with van der Waals surface area (Å²) in [5.74, 6) is -3.09. The Morgan fingerprint density at radius 1 is 1.17 bits per heavy atom. The summed E-state index contributed by atoms with van der Waals surface area (Å²) >= 11 is 3.10. The zero-order chi connectivity index (χ0) is 22.0. The minimum absolute atomic E-state index is 0.250. The Morgan fingerprint density at radius 2 is 1.72 bits per heavy atom. The molecule has 11 heteroatoms. The first-order valence-corrected chi connectivity index (χ1v) is 9.45. The van der Waals surface area contributed by atoms with Gasteiger partial charge in [-0.25, -0.2) is 0 Å². The van der Waals surface area contributed by atoms with Crippen LogP contribution in [0, 0.1) is 17.2 Å². The lowest BCUT2D eigenvalue weighted by Crippen LogP contribution is -2.52. The molecule has 4 nitrogen and oxygen atoms in total. The van der Waals surface area contributed by atoms with Gasteiger partial charge in [-0.1, -0.05) is 35.0 Å². The summed E-state index contributed by atoms with van der Waals surface area (Å²) in [5.41, 5.74) is -1.47. The monoisotopic (exact) mass is 485 g/mol. The average molecular weight is 486 g/mol. The van der Waals surface area contributed by atoms with Crippen molar-refractivity contribution in [3.63, 3.8) is 0 Å². The van der Waals surface area contributed by atoms with Gasteiger partial charge in [0.25, 0.3) is 0 Å². The first kappa shape index (κ1) is 23.5. The molecule has 1 aliphatic rings. The Morgan fingerprint density at radius 3 is 2.14 bits per heavy atom. The summed E-state index contributed by atoms with van der Waals surface area (Å²) in [6, 6.07) is 2.72. The van der Waals surface area contributed by atoms with Crippen LogP contribution in [0.4, 0.5) is 26.3 Å². The van der Waals surface area contributed by atoms with Crippen LogP contribution in [0.25, 0.3) is 0 Å². The van der Waals surface area contributed by atoms with Gasteiger partial charge in [0.1, 0.15) is 11.6 Å². The Bertz CT molecular complexity index is 768. The standard InChI is InChI=1S/C18H18BrF6N3O/c1-10(17(20,21)22)8-13(15(29)28-16(9-26)6-7-16)27-14(18(23,24)25)11-2-4-12(19)5-3-11/h2-5,10,13-14,27H,6-8H2,1H3,(H,28,29)/t10?,13-,14-/m0/s1. The van der Waals surface area contributed by atoms with Crippen LogP contribution in [0.2, 0.25) is 0 Å². The quantitative estimate of drug-likeness (QED) is 0.546. The SMILES string of the molecule is CC(C[C@H](N[C@@H](c1ccc(Br)cc1)C(F)(F)F)C(=O)NC1(C#N)CC1)C(F)(F)F. The summed E-state index contributed by atoms with van der Waals surface area (Å²) in [6.07, 6.45) is -9.85. The molecule has 160 valence electrons. The molecule has 1 aromatic rings. The van der Waals surface area contributed by atoms with Gasteiger partial charge in [0.15, 0.2) is 0 Å². The number of halogens is 7. The third-order valence-corrected chi connectivity index (χ3v) is 5.22. The highest BCUT2D eigenvalue weighted by Gasteiger charge is 2.49. The largest absolute Gasteiger partial charge is 0.407 e. The predicted molar refractivity (Wildman–Crippen MR) is 95.4 cm³/mol. The zero-order valence-electron chi connectivity index (χ0n) is 15.2. The van der Waals surface area contributed by atoms with Crippen LogP contribution in [-0.4, -0.2) is 29.8 Å². The highest BCUT2D eigenvalue weighted by Crippen LogP contribution is 2.37. The van der Waals surface area contributed by atoms with Gasteiger partial charge in [-0.05, 0) is 37.0 Å². The number of carbonyl (C=O) groups is 1. The maximum Gasteiger partial charge on any atom is 0.407 e. The van der Waals surface area contributed by atoms with E-state index in [4.69, 9.17) is 5.26 Å². The zero-order valence-corrected chi connectivity index (χ0v) is 16.7. The van der Waals surface area contributed by atoms with Crippen molar-refractivity contribution in [3.8, 4) is 6.07 Å². The van der Waals surface area contributed by atoms with Crippen LogP contribution in [0.3, 0.4) is 0 Å². The third kappa shape index (κ3) is 6.34. The number of hydrogen-bond acceptors (Lipinski definition) is 3. The average Bonchev–Trinajstić information content (AvgIpc) is 3.37. The van der Waals surface area contributed by atoms with Crippen LogP contribution in [-0.2, 0) is 4.79 Å². The molecule has 1 aliphatic carbocycles. The smallest absolute Gasteiger partial charge is 0.336 e. The van der Waals surface area contributed by atoms with Crippen LogP contribution < -0.4 is 10.6 Å². The van der Waals surface area contributed by atoms with E-state index >= 15 is 0 Å². The van der Waals surface area contributed by atoms with Gasteiger partial charge >= 0.3 is 12.4 Å². The summed E-state index contributed by atoms with van der Waals surface area (Å²) in [6.45, 7) is 0.793. The van der Waals surface area contributed by atoms with Gasteiger partial charge in [-0.15, -0.1) is 0 Å². The van der Waals surface area contributed by atoms with E-state index in [2.05, 4.69) is 21.2 Å². The number of rotatable bonds is 7. The van der Waals surface area contributed by atoms with Crippen molar-refractivity contribution < 1.29 is 31.1 Å². The molecule has 2 rings (SSSR count). The van der Waals surface area contributed by atoms with Crippen molar-refractivity contribution in [1.29, 1.82) is 5.26 Å². The fourth-order valence-corrected chi connectivity index (χ4v) is 2.95. The maximum atomic E-state index is 13.6. The second kappa shape index (κ2) is 8.52. The molecule has 0 bridgehead atoms. The lowest BCUT2D eigenvalue weighted by molar-refractivity contribution is -0.177. The van der Waals surface area contributed by atoms with Gasteiger partial charge in [0.05, 0.1) is 18.0 Å². The Labute approximate surface area is 171 Å². The van der Waals surface area contributed by atoms with E-state index in [0.29, 0.717) is 17.3 Å². The summed E-state index contributed by atoms with van der Waals surface area (Å²) < 4.78 is 80.4. The predicted octanol–water partition coefficient (Wildman–Crippen LogP) is 4.77. The molecule has 1 amide bonds. The van der Waals surface area contributed by atoms with E-state index in [1.165, 1.54) is 12.1 Å². The molecule has 0 heterocycles. The molecule has 0 radical (unpaired) electrons. The van der Waals surface area contributed by atoms with E-state index in [1.54, 1.807) is 0 Å². The summed E-state index contributed by atoms with van der Waals surface area (Å²) in [7, 11) is 0. The highest BCUT2D eigenvalue weighted by atomic mass is 79.9. The van der Waals surface area contributed by atoms with Gasteiger partial charge in [0.2, 0.25) is 5.91 Å².